The highest BCUT2D eigenvalue weighted by molar-refractivity contribution is 5.98. The molecule has 1 heterocycles. The highest BCUT2D eigenvalue weighted by atomic mass is 16.2. The Bertz CT molecular complexity index is 774. The summed E-state index contributed by atoms with van der Waals surface area (Å²) >= 11 is 0. The van der Waals surface area contributed by atoms with Gasteiger partial charge in [0.15, 0.2) is 0 Å². The highest BCUT2D eigenvalue weighted by Crippen LogP contribution is 2.20. The van der Waals surface area contributed by atoms with E-state index in [-0.39, 0.29) is 11.9 Å². The van der Waals surface area contributed by atoms with E-state index < -0.39 is 0 Å². The smallest absolute Gasteiger partial charge is 0.321 e. The molecule has 0 unspecified atom stereocenters. The molecule has 0 atom stereocenters. The standard InChI is InChI=1S/C20H21N3O2/c1-2-12-22(15-16-7-4-3-5-8-16)19(24)17-9-6-10-18(14-17)23-13-11-21-20(23)25/h2-10,14H,1,11-13,15H2,(H,21,25). The van der Waals surface area contributed by atoms with Gasteiger partial charge in [-0.15, -0.1) is 6.58 Å². The van der Waals surface area contributed by atoms with Crippen LogP contribution in [0.2, 0.25) is 0 Å². The Hall–Kier alpha value is -3.08. The minimum absolute atomic E-state index is 0.0785. The van der Waals surface area contributed by atoms with Crippen LogP contribution in [0.4, 0.5) is 10.5 Å². The number of carbonyl (C=O) groups is 2. The molecule has 1 aliphatic rings. The topological polar surface area (TPSA) is 52.7 Å². The molecule has 1 aliphatic heterocycles. The van der Waals surface area contributed by atoms with Crippen molar-refractivity contribution < 1.29 is 9.59 Å². The van der Waals surface area contributed by atoms with Gasteiger partial charge in [-0.25, -0.2) is 4.79 Å². The van der Waals surface area contributed by atoms with Crippen LogP contribution in [0, 0.1) is 0 Å². The molecule has 1 fully saturated rings. The quantitative estimate of drug-likeness (QED) is 0.825. The van der Waals surface area contributed by atoms with Crippen molar-refractivity contribution in [3.05, 3.63) is 78.4 Å². The van der Waals surface area contributed by atoms with E-state index in [0.717, 1.165) is 11.3 Å². The van der Waals surface area contributed by atoms with Gasteiger partial charge < -0.3 is 10.2 Å². The summed E-state index contributed by atoms with van der Waals surface area (Å²) in [5.74, 6) is -0.0785. The first kappa shape index (κ1) is 16.8. The van der Waals surface area contributed by atoms with Gasteiger partial charge in [-0.05, 0) is 23.8 Å². The lowest BCUT2D eigenvalue weighted by atomic mass is 10.1. The number of anilines is 1. The first-order chi connectivity index (χ1) is 12.2. The number of hydrogen-bond acceptors (Lipinski definition) is 2. The minimum atomic E-state index is -0.128. The fourth-order valence-electron chi connectivity index (χ4n) is 2.89. The molecule has 0 aromatic heterocycles. The molecule has 1 saturated heterocycles. The van der Waals surface area contributed by atoms with E-state index in [4.69, 9.17) is 0 Å². The Morgan fingerprint density at radius 3 is 2.68 bits per heavy atom. The summed E-state index contributed by atoms with van der Waals surface area (Å²) in [6.07, 6.45) is 1.72. The maximum Gasteiger partial charge on any atom is 0.321 e. The fraction of sp³-hybridized carbons (Fsp3) is 0.200. The molecular formula is C20H21N3O2. The van der Waals surface area contributed by atoms with Gasteiger partial charge in [-0.1, -0.05) is 42.5 Å². The molecule has 0 bridgehead atoms. The van der Waals surface area contributed by atoms with Crippen molar-refractivity contribution in [2.24, 2.45) is 0 Å². The van der Waals surface area contributed by atoms with E-state index >= 15 is 0 Å². The third-order valence-electron chi connectivity index (χ3n) is 4.11. The van der Waals surface area contributed by atoms with Crippen LogP contribution in [0.5, 0.6) is 0 Å². The van der Waals surface area contributed by atoms with Gasteiger partial charge in [0.1, 0.15) is 0 Å². The number of amides is 3. The van der Waals surface area contributed by atoms with Crippen LogP contribution in [-0.2, 0) is 6.54 Å². The average Bonchev–Trinajstić information content (AvgIpc) is 3.08. The molecule has 128 valence electrons. The monoisotopic (exact) mass is 335 g/mol. The number of nitrogens with one attached hydrogen (secondary N) is 1. The van der Waals surface area contributed by atoms with Crippen molar-refractivity contribution in [2.45, 2.75) is 6.54 Å². The van der Waals surface area contributed by atoms with E-state index in [1.165, 1.54) is 0 Å². The van der Waals surface area contributed by atoms with Crippen molar-refractivity contribution in [1.82, 2.24) is 10.2 Å². The number of hydrogen-bond donors (Lipinski definition) is 1. The van der Waals surface area contributed by atoms with Crippen molar-refractivity contribution in [3.8, 4) is 0 Å². The Labute approximate surface area is 147 Å². The number of rotatable bonds is 6. The van der Waals surface area contributed by atoms with Gasteiger partial charge in [0.25, 0.3) is 5.91 Å². The van der Waals surface area contributed by atoms with Crippen LogP contribution in [0.25, 0.3) is 0 Å². The van der Waals surface area contributed by atoms with Crippen molar-refractivity contribution in [2.75, 3.05) is 24.5 Å². The van der Waals surface area contributed by atoms with Crippen LogP contribution in [-0.4, -0.2) is 36.5 Å². The van der Waals surface area contributed by atoms with E-state index in [1.54, 1.807) is 28.0 Å². The van der Waals surface area contributed by atoms with E-state index in [9.17, 15) is 9.59 Å². The molecule has 5 heteroatoms. The van der Waals surface area contributed by atoms with Crippen LogP contribution in [0.1, 0.15) is 15.9 Å². The lowest BCUT2D eigenvalue weighted by molar-refractivity contribution is 0.0762. The molecule has 3 rings (SSSR count). The molecule has 3 amide bonds. The Morgan fingerprint density at radius 2 is 2.00 bits per heavy atom. The van der Waals surface area contributed by atoms with Crippen molar-refractivity contribution in [3.63, 3.8) is 0 Å². The van der Waals surface area contributed by atoms with E-state index in [1.807, 2.05) is 42.5 Å². The summed E-state index contributed by atoms with van der Waals surface area (Å²) in [5.41, 5.74) is 2.36. The molecule has 2 aromatic carbocycles. The predicted molar refractivity (Wildman–Crippen MR) is 98.6 cm³/mol. The SMILES string of the molecule is C=CCN(Cc1ccccc1)C(=O)c1cccc(N2CCNC2=O)c1. The maximum atomic E-state index is 12.9. The minimum Gasteiger partial charge on any atom is -0.336 e. The molecule has 5 nitrogen and oxygen atoms in total. The summed E-state index contributed by atoms with van der Waals surface area (Å²) in [6, 6.07) is 16.9. The first-order valence-electron chi connectivity index (χ1n) is 8.28. The molecule has 0 saturated carbocycles. The Kier molecular flexibility index (Phi) is 5.14. The highest BCUT2D eigenvalue weighted by Gasteiger charge is 2.22. The second-order valence-corrected chi connectivity index (χ2v) is 5.89. The van der Waals surface area contributed by atoms with Crippen LogP contribution < -0.4 is 10.2 Å². The summed E-state index contributed by atoms with van der Waals surface area (Å²) in [4.78, 5) is 28.2. The lowest BCUT2D eigenvalue weighted by Crippen LogP contribution is -2.31. The normalized spacial score (nSPS) is 13.4. The number of carbonyl (C=O) groups excluding carboxylic acids is 2. The van der Waals surface area contributed by atoms with Gasteiger partial charge in [-0.3, -0.25) is 9.69 Å². The van der Waals surface area contributed by atoms with Gasteiger partial charge >= 0.3 is 6.03 Å². The number of urea groups is 1. The number of nitrogens with zero attached hydrogens (tertiary/aromatic N) is 2. The summed E-state index contributed by atoms with van der Waals surface area (Å²) < 4.78 is 0. The van der Waals surface area contributed by atoms with Crippen LogP contribution >= 0.6 is 0 Å². The van der Waals surface area contributed by atoms with Crippen LogP contribution in [0.15, 0.2) is 67.3 Å². The fourth-order valence-corrected chi connectivity index (χ4v) is 2.89. The maximum absolute atomic E-state index is 12.9. The van der Waals surface area contributed by atoms with Crippen molar-refractivity contribution in [1.29, 1.82) is 0 Å². The van der Waals surface area contributed by atoms with E-state index in [0.29, 0.717) is 31.7 Å². The zero-order valence-corrected chi connectivity index (χ0v) is 14.0. The molecule has 1 N–H and O–H groups in total. The number of benzene rings is 2. The zero-order chi connectivity index (χ0) is 17.6. The van der Waals surface area contributed by atoms with E-state index in [2.05, 4.69) is 11.9 Å². The third-order valence-corrected chi connectivity index (χ3v) is 4.11. The molecule has 0 radical (unpaired) electrons. The second-order valence-electron chi connectivity index (χ2n) is 5.89. The van der Waals surface area contributed by atoms with Gasteiger partial charge in [0, 0.05) is 37.4 Å². The van der Waals surface area contributed by atoms with Gasteiger partial charge in [0.05, 0.1) is 0 Å². The summed E-state index contributed by atoms with van der Waals surface area (Å²) in [5, 5.41) is 2.77. The first-order valence-corrected chi connectivity index (χ1v) is 8.28. The van der Waals surface area contributed by atoms with Gasteiger partial charge in [-0.2, -0.15) is 0 Å². The Balaban J connectivity index is 1.82. The molecule has 25 heavy (non-hydrogen) atoms. The summed E-state index contributed by atoms with van der Waals surface area (Å²) in [6.45, 7) is 5.95. The predicted octanol–water partition coefficient (Wildman–Crippen LogP) is 3.04. The van der Waals surface area contributed by atoms with Crippen LogP contribution in [0.3, 0.4) is 0 Å². The second kappa shape index (κ2) is 7.66. The zero-order valence-electron chi connectivity index (χ0n) is 14.0. The molecular weight excluding hydrogens is 314 g/mol. The third kappa shape index (κ3) is 3.88. The molecule has 2 aromatic rings. The average molecular weight is 335 g/mol. The summed E-state index contributed by atoms with van der Waals surface area (Å²) in [7, 11) is 0. The lowest BCUT2D eigenvalue weighted by Gasteiger charge is -2.22. The largest absolute Gasteiger partial charge is 0.336 e. The van der Waals surface area contributed by atoms with Crippen molar-refractivity contribution >= 4 is 17.6 Å². The molecule has 0 aliphatic carbocycles. The Morgan fingerprint density at radius 1 is 1.20 bits per heavy atom. The molecule has 0 spiro atoms. The van der Waals surface area contributed by atoms with Gasteiger partial charge in [0.2, 0.25) is 0 Å².